The fourth-order valence-corrected chi connectivity index (χ4v) is 2.23. The van der Waals surface area contributed by atoms with Crippen molar-refractivity contribution >= 4 is 11.6 Å². The Kier molecular flexibility index (Phi) is 2.41. The van der Waals surface area contributed by atoms with Gasteiger partial charge in [0, 0.05) is 5.69 Å². The predicted octanol–water partition coefficient (Wildman–Crippen LogP) is 2.78. The number of anilines is 1. The predicted molar refractivity (Wildman–Crippen MR) is 63.8 cm³/mol. The summed E-state index contributed by atoms with van der Waals surface area (Å²) in [6.07, 6.45) is 0. The molecule has 0 spiro atoms. The second-order valence-corrected chi connectivity index (χ2v) is 5.24. The second kappa shape index (κ2) is 3.51. The molecule has 1 aliphatic heterocycles. The Labute approximate surface area is 95.8 Å². The largest absolute Gasteiger partial charge is 0.497 e. The molecule has 0 fully saturated rings. The third-order valence-corrected chi connectivity index (χ3v) is 2.96. The van der Waals surface area contributed by atoms with Crippen LogP contribution in [-0.4, -0.2) is 13.0 Å². The minimum absolute atomic E-state index is 0.0794. The number of amides is 1. The summed E-state index contributed by atoms with van der Waals surface area (Å²) in [5.41, 5.74) is 1.87. The van der Waals surface area contributed by atoms with E-state index in [1.165, 1.54) is 0 Å². The number of carbonyl (C=O) groups is 1. The van der Waals surface area contributed by atoms with E-state index in [0.29, 0.717) is 0 Å². The van der Waals surface area contributed by atoms with Gasteiger partial charge in [-0.05, 0) is 29.2 Å². The molecular formula is C13H17NO2. The summed E-state index contributed by atoms with van der Waals surface area (Å²) in [5.74, 6) is 0.776. The molecule has 86 valence electrons. The number of ether oxygens (including phenoxy) is 1. The molecule has 2 rings (SSSR count). The van der Waals surface area contributed by atoms with E-state index in [2.05, 4.69) is 26.1 Å². The van der Waals surface area contributed by atoms with Gasteiger partial charge in [-0.15, -0.1) is 0 Å². The SMILES string of the molecule is COc1ccc2c(c1)C(C(C)(C)C)C(=O)N2. The number of nitrogens with one attached hydrogen (secondary N) is 1. The molecule has 3 nitrogen and oxygen atoms in total. The molecule has 1 aliphatic rings. The van der Waals surface area contributed by atoms with Crippen molar-refractivity contribution in [2.24, 2.45) is 5.41 Å². The topological polar surface area (TPSA) is 38.3 Å². The summed E-state index contributed by atoms with van der Waals surface area (Å²) in [7, 11) is 1.64. The minimum atomic E-state index is -0.0994. The van der Waals surface area contributed by atoms with Crippen LogP contribution in [0.5, 0.6) is 5.75 Å². The zero-order chi connectivity index (χ0) is 11.9. The number of fused-ring (bicyclic) bond motifs is 1. The number of carbonyl (C=O) groups excluding carboxylic acids is 1. The fourth-order valence-electron chi connectivity index (χ4n) is 2.23. The van der Waals surface area contributed by atoms with Crippen molar-refractivity contribution in [1.82, 2.24) is 0 Å². The van der Waals surface area contributed by atoms with Crippen LogP contribution < -0.4 is 10.1 Å². The lowest BCUT2D eigenvalue weighted by Crippen LogP contribution is -2.25. The van der Waals surface area contributed by atoms with E-state index in [9.17, 15) is 4.79 Å². The van der Waals surface area contributed by atoms with E-state index in [0.717, 1.165) is 17.0 Å². The third kappa shape index (κ3) is 1.66. The van der Waals surface area contributed by atoms with Crippen molar-refractivity contribution in [3.05, 3.63) is 23.8 Å². The molecule has 0 aromatic heterocycles. The van der Waals surface area contributed by atoms with Crippen molar-refractivity contribution in [3.63, 3.8) is 0 Å². The summed E-state index contributed by atoms with van der Waals surface area (Å²) in [6, 6.07) is 5.71. The van der Waals surface area contributed by atoms with Crippen LogP contribution in [0.4, 0.5) is 5.69 Å². The Morgan fingerprint density at radius 1 is 1.31 bits per heavy atom. The molecular weight excluding hydrogens is 202 g/mol. The number of methoxy groups -OCH3 is 1. The van der Waals surface area contributed by atoms with E-state index >= 15 is 0 Å². The van der Waals surface area contributed by atoms with Crippen LogP contribution in [0.25, 0.3) is 0 Å². The van der Waals surface area contributed by atoms with Crippen molar-refractivity contribution in [2.45, 2.75) is 26.7 Å². The van der Waals surface area contributed by atoms with E-state index in [1.54, 1.807) is 7.11 Å². The smallest absolute Gasteiger partial charge is 0.232 e. The maximum atomic E-state index is 11.9. The molecule has 1 N–H and O–H groups in total. The molecule has 1 amide bonds. The Morgan fingerprint density at radius 3 is 2.56 bits per heavy atom. The molecule has 1 aromatic rings. The lowest BCUT2D eigenvalue weighted by atomic mass is 9.77. The van der Waals surface area contributed by atoms with Gasteiger partial charge < -0.3 is 10.1 Å². The number of hydrogen-bond acceptors (Lipinski definition) is 2. The van der Waals surface area contributed by atoms with Gasteiger partial charge in [0.2, 0.25) is 5.91 Å². The summed E-state index contributed by atoms with van der Waals surface area (Å²) >= 11 is 0. The number of hydrogen-bond donors (Lipinski definition) is 1. The number of benzene rings is 1. The molecule has 0 saturated heterocycles. The molecule has 0 radical (unpaired) electrons. The monoisotopic (exact) mass is 219 g/mol. The average Bonchev–Trinajstić information content (AvgIpc) is 2.51. The summed E-state index contributed by atoms with van der Waals surface area (Å²) in [6.45, 7) is 6.23. The Bertz CT molecular complexity index is 432. The molecule has 1 heterocycles. The molecule has 1 atom stereocenters. The molecule has 0 aliphatic carbocycles. The molecule has 1 aromatic carbocycles. The summed E-state index contributed by atoms with van der Waals surface area (Å²) in [5, 5.41) is 2.91. The maximum absolute atomic E-state index is 11.9. The van der Waals surface area contributed by atoms with Crippen LogP contribution in [0.3, 0.4) is 0 Å². The van der Waals surface area contributed by atoms with Crippen LogP contribution >= 0.6 is 0 Å². The first-order valence-corrected chi connectivity index (χ1v) is 5.42. The highest BCUT2D eigenvalue weighted by molar-refractivity contribution is 6.03. The van der Waals surface area contributed by atoms with Crippen LogP contribution in [0, 0.1) is 5.41 Å². The third-order valence-electron chi connectivity index (χ3n) is 2.96. The fraction of sp³-hybridized carbons (Fsp3) is 0.462. The zero-order valence-corrected chi connectivity index (χ0v) is 10.1. The number of rotatable bonds is 1. The lowest BCUT2D eigenvalue weighted by molar-refractivity contribution is -0.119. The average molecular weight is 219 g/mol. The van der Waals surface area contributed by atoms with E-state index in [-0.39, 0.29) is 17.2 Å². The molecule has 1 unspecified atom stereocenters. The van der Waals surface area contributed by atoms with Gasteiger partial charge in [-0.3, -0.25) is 4.79 Å². The maximum Gasteiger partial charge on any atom is 0.232 e. The molecule has 0 saturated carbocycles. The Balaban J connectivity index is 2.50. The highest BCUT2D eigenvalue weighted by atomic mass is 16.5. The standard InChI is InChI=1S/C13H17NO2/c1-13(2,3)11-9-7-8(16-4)5-6-10(9)14-12(11)15/h5-7,11H,1-4H3,(H,14,15). The first kappa shape index (κ1) is 11.0. The molecule has 16 heavy (non-hydrogen) atoms. The van der Waals surface area contributed by atoms with Gasteiger partial charge in [-0.1, -0.05) is 20.8 Å². The highest BCUT2D eigenvalue weighted by Gasteiger charge is 2.39. The van der Waals surface area contributed by atoms with Crippen molar-refractivity contribution < 1.29 is 9.53 Å². The van der Waals surface area contributed by atoms with Crippen molar-refractivity contribution in [1.29, 1.82) is 0 Å². The molecule has 3 heteroatoms. The Hall–Kier alpha value is -1.51. The van der Waals surface area contributed by atoms with E-state index < -0.39 is 0 Å². The zero-order valence-electron chi connectivity index (χ0n) is 10.1. The van der Waals surface area contributed by atoms with Gasteiger partial charge in [0.05, 0.1) is 13.0 Å². The second-order valence-electron chi connectivity index (χ2n) is 5.24. The van der Waals surface area contributed by atoms with E-state index in [1.807, 2.05) is 18.2 Å². The Morgan fingerprint density at radius 2 is 2.00 bits per heavy atom. The van der Waals surface area contributed by atoms with Crippen LogP contribution in [0.2, 0.25) is 0 Å². The summed E-state index contributed by atoms with van der Waals surface area (Å²) in [4.78, 5) is 11.9. The van der Waals surface area contributed by atoms with Gasteiger partial charge in [0.15, 0.2) is 0 Å². The van der Waals surface area contributed by atoms with Gasteiger partial charge >= 0.3 is 0 Å². The minimum Gasteiger partial charge on any atom is -0.497 e. The quantitative estimate of drug-likeness (QED) is 0.788. The van der Waals surface area contributed by atoms with Gasteiger partial charge in [0.1, 0.15) is 5.75 Å². The van der Waals surface area contributed by atoms with Crippen LogP contribution in [0.15, 0.2) is 18.2 Å². The highest BCUT2D eigenvalue weighted by Crippen LogP contribution is 2.44. The lowest BCUT2D eigenvalue weighted by Gasteiger charge is -2.25. The van der Waals surface area contributed by atoms with Crippen LogP contribution in [0.1, 0.15) is 32.3 Å². The van der Waals surface area contributed by atoms with Gasteiger partial charge in [0.25, 0.3) is 0 Å². The van der Waals surface area contributed by atoms with Crippen molar-refractivity contribution in [3.8, 4) is 5.75 Å². The normalized spacial score (nSPS) is 19.2. The van der Waals surface area contributed by atoms with Crippen molar-refractivity contribution in [2.75, 3.05) is 12.4 Å². The van der Waals surface area contributed by atoms with Gasteiger partial charge in [-0.25, -0.2) is 0 Å². The summed E-state index contributed by atoms with van der Waals surface area (Å²) < 4.78 is 5.20. The molecule has 0 bridgehead atoms. The van der Waals surface area contributed by atoms with Crippen LogP contribution in [-0.2, 0) is 4.79 Å². The first-order valence-electron chi connectivity index (χ1n) is 5.42. The van der Waals surface area contributed by atoms with E-state index in [4.69, 9.17) is 4.74 Å². The van der Waals surface area contributed by atoms with Gasteiger partial charge in [-0.2, -0.15) is 0 Å². The first-order chi connectivity index (χ1) is 7.43.